The highest BCUT2D eigenvalue weighted by Gasteiger charge is 2.38. The van der Waals surface area contributed by atoms with Crippen LogP contribution in [-0.2, 0) is 16.0 Å². The monoisotopic (exact) mass is 455 g/mol. The summed E-state index contributed by atoms with van der Waals surface area (Å²) >= 11 is 4.91. The van der Waals surface area contributed by atoms with Crippen LogP contribution in [0.15, 0.2) is 65.3 Å². The predicted molar refractivity (Wildman–Crippen MR) is 115 cm³/mol. The van der Waals surface area contributed by atoms with E-state index in [-0.39, 0.29) is 11.8 Å². The van der Waals surface area contributed by atoms with Gasteiger partial charge in [0.2, 0.25) is 11.8 Å². The van der Waals surface area contributed by atoms with Gasteiger partial charge in [-0.25, -0.2) is 4.98 Å². The topological polar surface area (TPSA) is 62.3 Å². The van der Waals surface area contributed by atoms with Crippen molar-refractivity contribution in [3.05, 3.63) is 75.7 Å². The average molecular weight is 456 g/mol. The lowest BCUT2D eigenvalue weighted by Gasteiger charge is -2.18. The van der Waals surface area contributed by atoms with Crippen LogP contribution >= 0.6 is 27.3 Å². The molecule has 1 N–H and O–H groups in total. The number of aromatic nitrogens is 1. The second kappa shape index (κ2) is 8.24. The second-order valence-corrected chi connectivity index (χ2v) is 8.54. The Morgan fingerprint density at radius 2 is 1.93 bits per heavy atom. The number of carbonyl (C=O) groups is 2. The summed E-state index contributed by atoms with van der Waals surface area (Å²) in [6.45, 7) is 0.524. The van der Waals surface area contributed by atoms with Crippen LogP contribution in [0.5, 0.6) is 0 Å². The van der Waals surface area contributed by atoms with Crippen molar-refractivity contribution in [1.82, 2.24) is 4.98 Å². The van der Waals surface area contributed by atoms with Crippen molar-refractivity contribution in [2.45, 2.75) is 12.8 Å². The fourth-order valence-electron chi connectivity index (χ4n) is 3.27. The minimum Gasteiger partial charge on any atom is -0.311 e. The third-order valence-electron chi connectivity index (χ3n) is 4.67. The molecule has 1 aliphatic heterocycles. The zero-order valence-corrected chi connectivity index (χ0v) is 17.4. The maximum atomic E-state index is 12.8. The minimum atomic E-state index is -0.687. The van der Waals surface area contributed by atoms with E-state index in [1.165, 1.54) is 16.9 Å². The molecular weight excluding hydrogens is 438 g/mol. The zero-order valence-electron chi connectivity index (χ0n) is 15.0. The van der Waals surface area contributed by atoms with Gasteiger partial charge in [-0.3, -0.25) is 9.59 Å². The minimum absolute atomic E-state index is 0.175. The van der Waals surface area contributed by atoms with Gasteiger partial charge >= 0.3 is 0 Å². The lowest BCUT2D eigenvalue weighted by Crippen LogP contribution is -2.33. The van der Waals surface area contributed by atoms with E-state index in [9.17, 15) is 9.59 Å². The quantitative estimate of drug-likeness (QED) is 0.576. The van der Waals surface area contributed by atoms with Crippen LogP contribution in [0.25, 0.3) is 0 Å². The first kappa shape index (κ1) is 18.8. The summed E-state index contributed by atoms with van der Waals surface area (Å²) in [5.74, 6) is -1.15. The van der Waals surface area contributed by atoms with Gasteiger partial charge in [-0.1, -0.05) is 42.5 Å². The van der Waals surface area contributed by atoms with Gasteiger partial charge in [-0.15, -0.1) is 11.3 Å². The van der Waals surface area contributed by atoms with E-state index in [0.717, 1.165) is 21.5 Å². The van der Waals surface area contributed by atoms with E-state index in [2.05, 4.69) is 38.4 Å². The molecule has 4 rings (SSSR count). The Balaban J connectivity index is 1.41. The molecule has 2 amide bonds. The Morgan fingerprint density at radius 3 is 2.71 bits per heavy atom. The molecule has 1 atom stereocenters. The van der Waals surface area contributed by atoms with Crippen molar-refractivity contribution in [1.29, 1.82) is 0 Å². The highest BCUT2D eigenvalue weighted by Crippen LogP contribution is 2.32. The van der Waals surface area contributed by atoms with Gasteiger partial charge in [0, 0.05) is 28.5 Å². The number of hydrogen-bond acceptors (Lipinski definition) is 4. The number of hydrogen-bond donors (Lipinski definition) is 1. The normalized spacial score (nSPS) is 16.4. The van der Waals surface area contributed by atoms with E-state index in [4.69, 9.17) is 0 Å². The molecule has 0 bridgehead atoms. The molecule has 142 valence electrons. The summed E-state index contributed by atoms with van der Waals surface area (Å²) in [5, 5.41) is 3.35. The smallest absolute Gasteiger partial charge is 0.239 e. The van der Waals surface area contributed by atoms with Crippen LogP contribution in [0.3, 0.4) is 0 Å². The SMILES string of the molecule is O=C(Nc1ncc(Cc2ccccc2)s1)C1CCN(c2ccccc2Br)C1=O. The fourth-order valence-corrected chi connectivity index (χ4v) is 4.62. The van der Waals surface area contributed by atoms with Crippen molar-refractivity contribution in [2.24, 2.45) is 5.92 Å². The molecule has 3 aromatic rings. The molecule has 0 saturated carbocycles. The zero-order chi connectivity index (χ0) is 19.5. The molecule has 5 nitrogen and oxygen atoms in total. The molecule has 1 fully saturated rings. The highest BCUT2D eigenvalue weighted by atomic mass is 79.9. The highest BCUT2D eigenvalue weighted by molar-refractivity contribution is 9.10. The van der Waals surface area contributed by atoms with Crippen LogP contribution in [0.4, 0.5) is 10.8 Å². The summed E-state index contributed by atoms with van der Waals surface area (Å²) in [4.78, 5) is 32.4. The molecule has 2 heterocycles. The number of rotatable bonds is 5. The second-order valence-electron chi connectivity index (χ2n) is 6.57. The molecule has 28 heavy (non-hydrogen) atoms. The summed E-state index contributed by atoms with van der Waals surface area (Å²) in [5.41, 5.74) is 1.99. The molecule has 0 radical (unpaired) electrons. The van der Waals surface area contributed by atoms with Gasteiger partial charge in [0.1, 0.15) is 5.92 Å². The first-order chi connectivity index (χ1) is 13.6. The summed E-state index contributed by atoms with van der Waals surface area (Å²) in [6.07, 6.45) is 3.04. The molecular formula is C21H18BrN3O2S. The van der Waals surface area contributed by atoms with Gasteiger partial charge in [-0.2, -0.15) is 0 Å². The van der Waals surface area contributed by atoms with Gasteiger partial charge < -0.3 is 10.2 Å². The summed E-state index contributed by atoms with van der Waals surface area (Å²) in [6, 6.07) is 17.6. The largest absolute Gasteiger partial charge is 0.311 e. The maximum absolute atomic E-state index is 12.8. The number of para-hydroxylation sites is 1. The van der Waals surface area contributed by atoms with E-state index < -0.39 is 5.92 Å². The number of nitrogens with one attached hydrogen (secondary N) is 1. The van der Waals surface area contributed by atoms with Gasteiger partial charge in [0.15, 0.2) is 5.13 Å². The van der Waals surface area contributed by atoms with Crippen LogP contribution in [0.2, 0.25) is 0 Å². The van der Waals surface area contributed by atoms with E-state index in [1.807, 2.05) is 42.5 Å². The van der Waals surface area contributed by atoms with Crippen molar-refractivity contribution in [3.8, 4) is 0 Å². The maximum Gasteiger partial charge on any atom is 0.239 e. The number of halogens is 1. The van der Waals surface area contributed by atoms with Crippen molar-refractivity contribution < 1.29 is 9.59 Å². The van der Waals surface area contributed by atoms with Gasteiger partial charge in [0.25, 0.3) is 0 Å². The van der Waals surface area contributed by atoms with Crippen molar-refractivity contribution >= 4 is 49.9 Å². The number of carbonyl (C=O) groups excluding carboxylic acids is 2. The molecule has 1 unspecified atom stereocenters. The standard InChI is InChI=1S/C21H18BrN3O2S/c22-17-8-4-5-9-18(17)25-11-10-16(20(25)27)19(26)24-21-23-13-15(28-21)12-14-6-2-1-3-7-14/h1-9,13,16H,10-12H2,(H,23,24,26). The van der Waals surface area contributed by atoms with Gasteiger partial charge in [-0.05, 0) is 40.0 Å². The van der Waals surface area contributed by atoms with Crippen LogP contribution < -0.4 is 10.2 Å². The predicted octanol–water partition coefficient (Wildman–Crippen LogP) is 4.49. The Morgan fingerprint density at radius 1 is 1.18 bits per heavy atom. The number of anilines is 2. The third kappa shape index (κ3) is 4.00. The molecule has 1 aliphatic rings. The summed E-state index contributed by atoms with van der Waals surface area (Å²) < 4.78 is 0.842. The lowest BCUT2D eigenvalue weighted by molar-refractivity contribution is -0.129. The van der Waals surface area contributed by atoms with E-state index in [0.29, 0.717) is 18.1 Å². The molecule has 1 aromatic heterocycles. The molecule has 7 heteroatoms. The van der Waals surface area contributed by atoms with Crippen molar-refractivity contribution in [2.75, 3.05) is 16.8 Å². The first-order valence-corrected chi connectivity index (χ1v) is 10.6. The lowest BCUT2D eigenvalue weighted by atomic mass is 10.1. The first-order valence-electron chi connectivity index (χ1n) is 8.97. The Bertz CT molecular complexity index is 1010. The molecule has 2 aromatic carbocycles. The summed E-state index contributed by atoms with van der Waals surface area (Å²) in [7, 11) is 0. The molecule has 0 spiro atoms. The Labute approximate surface area is 175 Å². The Hall–Kier alpha value is -2.51. The van der Waals surface area contributed by atoms with E-state index >= 15 is 0 Å². The van der Waals surface area contributed by atoms with E-state index in [1.54, 1.807) is 11.1 Å². The number of thiazole rings is 1. The number of amides is 2. The van der Waals surface area contributed by atoms with Crippen LogP contribution in [0, 0.1) is 5.92 Å². The number of benzene rings is 2. The van der Waals surface area contributed by atoms with Gasteiger partial charge in [0.05, 0.1) is 5.69 Å². The fraction of sp³-hybridized carbons (Fsp3) is 0.190. The molecule has 1 saturated heterocycles. The van der Waals surface area contributed by atoms with Crippen molar-refractivity contribution in [3.63, 3.8) is 0 Å². The third-order valence-corrected chi connectivity index (χ3v) is 6.25. The Kier molecular flexibility index (Phi) is 5.54. The molecule has 0 aliphatic carbocycles. The van der Waals surface area contributed by atoms with Crippen LogP contribution in [0.1, 0.15) is 16.9 Å². The van der Waals surface area contributed by atoms with Crippen LogP contribution in [-0.4, -0.2) is 23.3 Å². The average Bonchev–Trinajstić information content (AvgIpc) is 3.29. The number of nitrogens with zero attached hydrogens (tertiary/aromatic N) is 2.